The first-order valence-electron chi connectivity index (χ1n) is 11.2. The molecular weight excluding hydrogens is 468 g/mol. The molecule has 176 valence electrons. The van der Waals surface area contributed by atoms with Crippen molar-refractivity contribution in [3.8, 4) is 10.7 Å². The van der Waals surface area contributed by atoms with Crippen molar-refractivity contribution in [3.05, 3.63) is 88.6 Å². The van der Waals surface area contributed by atoms with Crippen LogP contribution in [0.4, 0.5) is 0 Å². The molecule has 0 spiro atoms. The maximum atomic E-state index is 13.5. The van der Waals surface area contributed by atoms with E-state index in [0.717, 1.165) is 4.88 Å². The zero-order valence-electron chi connectivity index (χ0n) is 19.1. The summed E-state index contributed by atoms with van der Waals surface area (Å²) in [6.45, 7) is 5.70. The maximum absolute atomic E-state index is 13.5. The van der Waals surface area contributed by atoms with Crippen LogP contribution in [-0.4, -0.2) is 53.9 Å². The van der Waals surface area contributed by atoms with Crippen molar-refractivity contribution in [3.63, 3.8) is 0 Å². The minimum absolute atomic E-state index is 0.0863. The van der Waals surface area contributed by atoms with E-state index >= 15 is 0 Å². The molecule has 1 saturated heterocycles. The Morgan fingerprint density at radius 1 is 0.912 bits per heavy atom. The van der Waals surface area contributed by atoms with Crippen LogP contribution in [0.3, 0.4) is 0 Å². The highest BCUT2D eigenvalue weighted by molar-refractivity contribution is 7.89. The lowest BCUT2D eigenvalue weighted by molar-refractivity contribution is 0.156. The van der Waals surface area contributed by atoms with Gasteiger partial charge in [0, 0.05) is 38.0 Å². The number of hydrogen-bond acceptors (Lipinski definition) is 7. The van der Waals surface area contributed by atoms with E-state index in [1.807, 2.05) is 43.3 Å². The minimum atomic E-state index is -3.62. The van der Waals surface area contributed by atoms with Crippen LogP contribution < -0.4 is 0 Å². The predicted molar refractivity (Wildman–Crippen MR) is 132 cm³/mol. The third-order valence-electron chi connectivity index (χ3n) is 6.11. The average molecular weight is 495 g/mol. The van der Waals surface area contributed by atoms with E-state index in [2.05, 4.69) is 39.3 Å². The summed E-state index contributed by atoms with van der Waals surface area (Å²) in [5.74, 6) is 0.874. The number of thiophene rings is 1. The first-order valence-corrected chi connectivity index (χ1v) is 13.4. The smallest absolute Gasteiger partial charge is 0.244 e. The van der Waals surface area contributed by atoms with Crippen molar-refractivity contribution in [2.24, 2.45) is 0 Å². The lowest BCUT2D eigenvalue weighted by Gasteiger charge is -2.39. The number of piperazine rings is 1. The van der Waals surface area contributed by atoms with Crippen LogP contribution in [0.2, 0.25) is 0 Å². The third-order valence-corrected chi connectivity index (χ3v) is 9.31. The number of nitrogens with zero attached hydrogens (tertiary/aromatic N) is 4. The summed E-state index contributed by atoms with van der Waals surface area (Å²) < 4.78 is 33.7. The third kappa shape index (κ3) is 4.44. The Labute approximate surface area is 203 Å². The molecule has 1 aliphatic rings. The topological polar surface area (TPSA) is 79.5 Å². The maximum Gasteiger partial charge on any atom is 0.244 e. The van der Waals surface area contributed by atoms with Gasteiger partial charge in [-0.05, 0) is 24.1 Å². The first kappa shape index (κ1) is 22.9. The van der Waals surface area contributed by atoms with Gasteiger partial charge in [-0.15, -0.1) is 11.3 Å². The van der Waals surface area contributed by atoms with Gasteiger partial charge in [-0.3, -0.25) is 4.90 Å². The number of sulfonamides is 1. The number of hydrogen-bond donors (Lipinski definition) is 0. The van der Waals surface area contributed by atoms with E-state index in [9.17, 15) is 8.42 Å². The molecule has 34 heavy (non-hydrogen) atoms. The Balaban J connectivity index is 1.37. The second-order valence-electron chi connectivity index (χ2n) is 8.33. The van der Waals surface area contributed by atoms with E-state index in [1.54, 1.807) is 17.3 Å². The SMILES string of the molecule is Cc1nc(-c2cc(S(=O)(=O)N3CCN(C(c4ccccc4)c4ccccc4)CC3)c(C)s2)no1. The lowest BCUT2D eigenvalue weighted by Crippen LogP contribution is -2.49. The molecule has 4 aromatic rings. The summed E-state index contributed by atoms with van der Waals surface area (Å²) in [6, 6.07) is 22.5. The normalized spacial score (nSPS) is 15.7. The predicted octanol–water partition coefficient (Wildman–Crippen LogP) is 4.51. The molecule has 0 atom stereocenters. The van der Waals surface area contributed by atoms with Gasteiger partial charge in [0.1, 0.15) is 0 Å². The summed E-state index contributed by atoms with van der Waals surface area (Å²) in [5, 5.41) is 3.93. The van der Waals surface area contributed by atoms with E-state index in [1.165, 1.54) is 22.5 Å². The molecule has 0 unspecified atom stereocenters. The first-order chi connectivity index (χ1) is 16.4. The van der Waals surface area contributed by atoms with Crippen molar-refractivity contribution in [2.75, 3.05) is 26.2 Å². The molecule has 0 radical (unpaired) electrons. The van der Waals surface area contributed by atoms with Crippen molar-refractivity contribution < 1.29 is 12.9 Å². The molecule has 9 heteroatoms. The zero-order chi connectivity index (χ0) is 23.7. The van der Waals surface area contributed by atoms with Gasteiger partial charge in [0.2, 0.25) is 21.7 Å². The molecule has 3 heterocycles. The van der Waals surface area contributed by atoms with Gasteiger partial charge >= 0.3 is 0 Å². The summed E-state index contributed by atoms with van der Waals surface area (Å²) in [5.41, 5.74) is 2.41. The summed E-state index contributed by atoms with van der Waals surface area (Å²) in [4.78, 5) is 8.35. The van der Waals surface area contributed by atoms with Gasteiger partial charge in [0.25, 0.3) is 0 Å². The highest BCUT2D eigenvalue weighted by atomic mass is 32.2. The summed E-state index contributed by atoms with van der Waals surface area (Å²) >= 11 is 1.37. The van der Waals surface area contributed by atoms with Crippen LogP contribution >= 0.6 is 11.3 Å². The van der Waals surface area contributed by atoms with Gasteiger partial charge in [0.15, 0.2) is 0 Å². The van der Waals surface area contributed by atoms with Crippen molar-refractivity contribution in [1.82, 2.24) is 19.3 Å². The van der Waals surface area contributed by atoms with Crippen LogP contribution in [0.1, 0.15) is 27.9 Å². The van der Waals surface area contributed by atoms with Crippen LogP contribution in [0.5, 0.6) is 0 Å². The standard InChI is InChI=1S/C25H26N4O3S2/c1-18-23(17-22(33-18)25-26-19(2)32-27-25)34(30,31)29-15-13-28(14-16-29)24(20-9-5-3-6-10-20)21-11-7-4-8-12-21/h3-12,17,24H,13-16H2,1-2H3. The summed E-state index contributed by atoms with van der Waals surface area (Å²) in [7, 11) is -3.62. The highest BCUT2D eigenvalue weighted by Crippen LogP contribution is 2.35. The molecule has 2 aromatic carbocycles. The van der Waals surface area contributed by atoms with E-state index in [4.69, 9.17) is 4.52 Å². The largest absolute Gasteiger partial charge is 0.339 e. The van der Waals surface area contributed by atoms with Crippen LogP contribution in [0.15, 0.2) is 76.1 Å². The molecule has 1 fully saturated rings. The number of aromatic nitrogens is 2. The van der Waals surface area contributed by atoms with E-state index in [-0.39, 0.29) is 6.04 Å². The molecule has 0 N–H and O–H groups in total. The van der Waals surface area contributed by atoms with Crippen molar-refractivity contribution in [1.29, 1.82) is 0 Å². The second-order valence-corrected chi connectivity index (χ2v) is 11.5. The average Bonchev–Trinajstić information content (AvgIpc) is 3.47. The van der Waals surface area contributed by atoms with Crippen LogP contribution in [0, 0.1) is 13.8 Å². The van der Waals surface area contributed by atoms with Gasteiger partial charge < -0.3 is 4.52 Å². The van der Waals surface area contributed by atoms with E-state index in [0.29, 0.717) is 47.7 Å². The molecule has 2 aromatic heterocycles. The number of rotatable bonds is 6. The fraction of sp³-hybridized carbons (Fsp3) is 0.280. The molecule has 7 nitrogen and oxygen atoms in total. The summed E-state index contributed by atoms with van der Waals surface area (Å²) in [6.07, 6.45) is 0. The molecule has 0 bridgehead atoms. The van der Waals surface area contributed by atoms with Crippen LogP contribution in [-0.2, 0) is 10.0 Å². The Hall–Kier alpha value is -2.85. The van der Waals surface area contributed by atoms with Crippen LogP contribution in [0.25, 0.3) is 10.7 Å². The minimum Gasteiger partial charge on any atom is -0.339 e. The number of aryl methyl sites for hydroxylation is 2. The highest BCUT2D eigenvalue weighted by Gasteiger charge is 2.34. The Morgan fingerprint density at radius 3 is 2.03 bits per heavy atom. The molecule has 0 saturated carbocycles. The van der Waals surface area contributed by atoms with Gasteiger partial charge in [-0.25, -0.2) is 8.42 Å². The quantitative estimate of drug-likeness (QED) is 0.392. The number of benzene rings is 2. The van der Waals surface area contributed by atoms with Gasteiger partial charge in [-0.1, -0.05) is 65.8 Å². The fourth-order valence-corrected chi connectivity index (χ4v) is 7.37. The Bertz CT molecular complexity index is 1320. The molecule has 0 amide bonds. The van der Waals surface area contributed by atoms with Crippen molar-refractivity contribution in [2.45, 2.75) is 24.8 Å². The monoisotopic (exact) mass is 494 g/mol. The van der Waals surface area contributed by atoms with Gasteiger partial charge in [0.05, 0.1) is 15.8 Å². The van der Waals surface area contributed by atoms with E-state index < -0.39 is 10.0 Å². The lowest BCUT2D eigenvalue weighted by atomic mass is 9.96. The molecule has 1 aliphatic heterocycles. The zero-order valence-corrected chi connectivity index (χ0v) is 20.7. The molecule has 5 rings (SSSR count). The Kier molecular flexibility index (Phi) is 6.35. The molecular formula is C25H26N4O3S2. The Morgan fingerprint density at radius 2 is 1.50 bits per heavy atom. The fourth-order valence-electron chi connectivity index (χ4n) is 4.46. The second kappa shape index (κ2) is 9.42. The molecule has 0 aliphatic carbocycles. The van der Waals surface area contributed by atoms with Gasteiger partial charge in [-0.2, -0.15) is 9.29 Å². The van der Waals surface area contributed by atoms with Crippen molar-refractivity contribution >= 4 is 21.4 Å².